The van der Waals surface area contributed by atoms with Crippen LogP contribution < -0.4 is 14.8 Å². The first-order chi connectivity index (χ1) is 22.2. The van der Waals surface area contributed by atoms with Crippen LogP contribution in [0.2, 0.25) is 0 Å². The van der Waals surface area contributed by atoms with E-state index in [-0.39, 0.29) is 6.42 Å². The number of methoxy groups -OCH3 is 2. The minimum Gasteiger partial charge on any atom is -0.493 e. The molecule has 8 atom stereocenters. The lowest BCUT2D eigenvalue weighted by atomic mass is 9.98. The number of hydrogen-bond donors (Lipinski definition) is 7. The molecule has 1 aromatic rings. The molecule has 0 unspecified atom stereocenters. The van der Waals surface area contributed by atoms with Crippen molar-refractivity contribution in [3.63, 3.8) is 0 Å². The molecule has 0 bridgehead atoms. The van der Waals surface area contributed by atoms with Gasteiger partial charge < -0.3 is 54.9 Å². The van der Waals surface area contributed by atoms with Gasteiger partial charge in [0.05, 0.1) is 46.0 Å². The van der Waals surface area contributed by atoms with Gasteiger partial charge in [0.25, 0.3) is 0 Å². The van der Waals surface area contributed by atoms with E-state index >= 15 is 0 Å². The number of carbonyl (C=O) groups is 1. The van der Waals surface area contributed by atoms with Crippen LogP contribution >= 0.6 is 0 Å². The molecular formula is C34H59NO11. The van der Waals surface area contributed by atoms with Crippen molar-refractivity contribution < 1.29 is 54.4 Å². The predicted molar refractivity (Wildman–Crippen MR) is 173 cm³/mol. The SMILES string of the molecule is CCCCCCCCCCCCCC[C@@H](O)[C@@H](O)[C@H](CO[C@H]1O[C@H](CO)[C@H](O)[C@H](O)[C@H]1O)NC(=O)Cc1ccc(OC)c(OC)c1. The molecule has 12 nitrogen and oxygen atoms in total. The number of unbranched alkanes of at least 4 members (excludes halogenated alkanes) is 11. The van der Waals surface area contributed by atoms with E-state index in [9.17, 15) is 35.4 Å². The standard InChI is InChI=1S/C34H59NO11/c1-4-5-6-7-8-9-10-11-12-13-14-15-16-25(37)30(39)24(22-45-34-33(42)32(41)31(40)28(21-36)46-34)35-29(38)20-23-17-18-26(43-2)27(19-23)44-3/h17-19,24-25,28,30-34,36-37,39-42H,4-16,20-22H2,1-3H3,(H,35,38)/t24-,25+,28+,30-,31-,32-,33+,34-/m0/s1. The minimum atomic E-state index is -1.65. The van der Waals surface area contributed by atoms with E-state index < -0.39 is 68.1 Å². The lowest BCUT2D eigenvalue weighted by molar-refractivity contribution is -0.303. The average Bonchev–Trinajstić information content (AvgIpc) is 3.06. The van der Waals surface area contributed by atoms with E-state index in [0.29, 0.717) is 29.9 Å². The van der Waals surface area contributed by atoms with Crippen molar-refractivity contribution in [2.24, 2.45) is 0 Å². The summed E-state index contributed by atoms with van der Waals surface area (Å²) in [6.45, 7) is 1.20. The van der Waals surface area contributed by atoms with Gasteiger partial charge in [-0.05, 0) is 24.1 Å². The lowest BCUT2D eigenvalue weighted by Gasteiger charge is -2.40. The molecule has 1 fully saturated rings. The predicted octanol–water partition coefficient (Wildman–Crippen LogP) is 2.36. The molecule has 0 spiro atoms. The Morgan fingerprint density at radius 3 is 2.00 bits per heavy atom. The molecular weight excluding hydrogens is 598 g/mol. The summed E-state index contributed by atoms with van der Waals surface area (Å²) in [7, 11) is 3.00. The van der Waals surface area contributed by atoms with Crippen molar-refractivity contribution in [2.75, 3.05) is 27.4 Å². The number of benzene rings is 1. The van der Waals surface area contributed by atoms with Crippen LogP contribution in [0.25, 0.3) is 0 Å². The number of hydrogen-bond acceptors (Lipinski definition) is 11. The van der Waals surface area contributed by atoms with Gasteiger partial charge in [-0.3, -0.25) is 4.79 Å². The Labute approximate surface area is 274 Å². The summed E-state index contributed by atoms with van der Waals surface area (Å²) in [5.74, 6) is 0.494. The van der Waals surface area contributed by atoms with Crippen molar-refractivity contribution in [1.29, 1.82) is 0 Å². The first-order valence-corrected chi connectivity index (χ1v) is 16.9. The Balaban J connectivity index is 1.92. The molecule has 0 aromatic heterocycles. The van der Waals surface area contributed by atoms with Crippen LogP contribution in [0.4, 0.5) is 0 Å². The Hall–Kier alpha value is -2.03. The average molecular weight is 658 g/mol. The zero-order valence-corrected chi connectivity index (χ0v) is 27.9. The third-order valence-electron chi connectivity index (χ3n) is 8.61. The zero-order chi connectivity index (χ0) is 33.9. The molecule has 1 aliphatic rings. The minimum absolute atomic E-state index is 0.0710. The highest BCUT2D eigenvalue weighted by Crippen LogP contribution is 2.28. The van der Waals surface area contributed by atoms with Gasteiger partial charge in [-0.15, -0.1) is 0 Å². The third-order valence-corrected chi connectivity index (χ3v) is 8.61. The van der Waals surface area contributed by atoms with Gasteiger partial charge in [-0.25, -0.2) is 0 Å². The molecule has 12 heteroatoms. The molecule has 0 aliphatic carbocycles. The molecule has 1 amide bonds. The highest BCUT2D eigenvalue weighted by Gasteiger charge is 2.44. The lowest BCUT2D eigenvalue weighted by Crippen LogP contribution is -2.60. The van der Waals surface area contributed by atoms with Crippen LogP contribution in [0.3, 0.4) is 0 Å². The number of nitrogens with one attached hydrogen (secondary N) is 1. The van der Waals surface area contributed by atoms with Crippen LogP contribution in [0.1, 0.15) is 96.0 Å². The fourth-order valence-corrected chi connectivity index (χ4v) is 5.70. The van der Waals surface area contributed by atoms with E-state index in [2.05, 4.69) is 12.2 Å². The van der Waals surface area contributed by atoms with E-state index in [1.165, 1.54) is 65.6 Å². The maximum Gasteiger partial charge on any atom is 0.224 e. The molecule has 1 heterocycles. The van der Waals surface area contributed by atoms with Crippen molar-refractivity contribution in [1.82, 2.24) is 5.32 Å². The Kier molecular flexibility index (Phi) is 19.7. The Bertz CT molecular complexity index is 965. The van der Waals surface area contributed by atoms with E-state index in [0.717, 1.165) is 19.3 Å². The highest BCUT2D eigenvalue weighted by molar-refractivity contribution is 5.79. The molecule has 7 N–H and O–H groups in total. The topological polar surface area (TPSA) is 187 Å². The summed E-state index contributed by atoms with van der Waals surface area (Å²) in [4.78, 5) is 13.1. The van der Waals surface area contributed by atoms with Crippen LogP contribution in [0.5, 0.6) is 11.5 Å². The van der Waals surface area contributed by atoms with E-state index in [1.807, 2.05) is 0 Å². The van der Waals surface area contributed by atoms with Gasteiger partial charge in [0, 0.05) is 0 Å². The number of amides is 1. The first kappa shape index (κ1) is 40.1. The second-order valence-electron chi connectivity index (χ2n) is 12.3. The quantitative estimate of drug-likeness (QED) is 0.0809. The maximum absolute atomic E-state index is 13.1. The number of aliphatic hydroxyl groups excluding tert-OH is 6. The second kappa shape index (κ2) is 22.5. The van der Waals surface area contributed by atoms with Gasteiger partial charge in [-0.2, -0.15) is 0 Å². The van der Waals surface area contributed by atoms with Crippen molar-refractivity contribution >= 4 is 5.91 Å². The summed E-state index contributed by atoms with van der Waals surface area (Å²) in [6.07, 6.45) is 4.24. The molecule has 0 radical (unpaired) electrons. The highest BCUT2D eigenvalue weighted by atomic mass is 16.7. The maximum atomic E-state index is 13.1. The van der Waals surface area contributed by atoms with Gasteiger partial charge >= 0.3 is 0 Å². The zero-order valence-electron chi connectivity index (χ0n) is 27.9. The van der Waals surface area contributed by atoms with Gasteiger partial charge in [0.15, 0.2) is 17.8 Å². The molecule has 1 aliphatic heterocycles. The van der Waals surface area contributed by atoms with Crippen LogP contribution in [-0.2, 0) is 20.7 Å². The monoisotopic (exact) mass is 657 g/mol. The number of rotatable bonds is 24. The van der Waals surface area contributed by atoms with Gasteiger partial charge in [0.1, 0.15) is 30.5 Å². The third kappa shape index (κ3) is 13.6. The van der Waals surface area contributed by atoms with Gasteiger partial charge in [0.2, 0.25) is 5.91 Å². The second-order valence-corrected chi connectivity index (χ2v) is 12.3. The van der Waals surface area contributed by atoms with Crippen LogP contribution in [0, 0.1) is 0 Å². The van der Waals surface area contributed by atoms with Crippen molar-refractivity contribution in [3.05, 3.63) is 23.8 Å². The van der Waals surface area contributed by atoms with E-state index in [4.69, 9.17) is 18.9 Å². The smallest absolute Gasteiger partial charge is 0.224 e. The van der Waals surface area contributed by atoms with Crippen LogP contribution in [0.15, 0.2) is 18.2 Å². The molecule has 2 rings (SSSR count). The van der Waals surface area contributed by atoms with Crippen LogP contribution in [-0.4, -0.2) is 113 Å². The fraction of sp³-hybridized carbons (Fsp3) is 0.794. The first-order valence-electron chi connectivity index (χ1n) is 16.9. The fourth-order valence-electron chi connectivity index (χ4n) is 5.70. The summed E-state index contributed by atoms with van der Waals surface area (Å²) in [6, 6.07) is 3.94. The number of carbonyl (C=O) groups excluding carboxylic acids is 1. The summed E-state index contributed by atoms with van der Waals surface area (Å²) >= 11 is 0. The molecule has 0 saturated carbocycles. The largest absolute Gasteiger partial charge is 0.493 e. The summed E-state index contributed by atoms with van der Waals surface area (Å²) in [5.41, 5.74) is 0.621. The Morgan fingerprint density at radius 1 is 0.848 bits per heavy atom. The summed E-state index contributed by atoms with van der Waals surface area (Å²) in [5, 5.41) is 64.7. The molecule has 46 heavy (non-hydrogen) atoms. The normalized spacial score (nSPS) is 23.5. The molecule has 266 valence electrons. The number of ether oxygens (including phenoxy) is 4. The van der Waals surface area contributed by atoms with Crippen molar-refractivity contribution in [3.8, 4) is 11.5 Å². The van der Waals surface area contributed by atoms with Gasteiger partial charge in [-0.1, -0.05) is 90.0 Å². The van der Waals surface area contributed by atoms with Crippen molar-refractivity contribution in [2.45, 2.75) is 146 Å². The van der Waals surface area contributed by atoms with E-state index in [1.54, 1.807) is 18.2 Å². The molecule has 1 saturated heterocycles. The summed E-state index contributed by atoms with van der Waals surface area (Å²) < 4.78 is 21.6. The Morgan fingerprint density at radius 2 is 1.43 bits per heavy atom. The molecule has 1 aromatic carbocycles. The number of aliphatic hydroxyl groups is 6.